The third kappa shape index (κ3) is 5.80. The number of anilines is 5. The number of nitrogens with zero attached hydrogens (tertiary/aromatic N) is 5. The lowest BCUT2D eigenvalue weighted by molar-refractivity contribution is 0.415. The van der Waals surface area contributed by atoms with Crippen LogP contribution in [0.1, 0.15) is 11.4 Å². The molecule has 158 valence electrons. The lowest BCUT2D eigenvalue weighted by Gasteiger charge is -2.07. The van der Waals surface area contributed by atoms with Gasteiger partial charge in [-0.2, -0.15) is 15.0 Å². The smallest absolute Gasteiger partial charge is 0.232 e. The third-order valence-electron chi connectivity index (χ3n) is 4.06. The molecule has 0 fully saturated rings. The van der Waals surface area contributed by atoms with E-state index in [0.29, 0.717) is 22.7 Å². The van der Waals surface area contributed by atoms with E-state index < -0.39 is 0 Å². The van der Waals surface area contributed by atoms with Gasteiger partial charge in [-0.1, -0.05) is 46.9 Å². The largest absolute Gasteiger partial charge is 0.497 e. The van der Waals surface area contributed by atoms with E-state index in [4.69, 9.17) is 10.5 Å². The summed E-state index contributed by atoms with van der Waals surface area (Å²) in [6.07, 6.45) is 0. The predicted molar refractivity (Wildman–Crippen MR) is 124 cm³/mol. The summed E-state index contributed by atoms with van der Waals surface area (Å²) in [6, 6.07) is 15.6. The Morgan fingerprint density at radius 3 is 2.65 bits per heavy atom. The summed E-state index contributed by atoms with van der Waals surface area (Å²) in [6.45, 7) is 2.03. The number of hydrogen-bond donors (Lipinski definition) is 3. The Bertz CT molecular complexity index is 1170. The number of hydrogen-bond acceptors (Lipinski definition) is 11. The summed E-state index contributed by atoms with van der Waals surface area (Å²) >= 11 is 2.93. The first kappa shape index (κ1) is 20.8. The van der Waals surface area contributed by atoms with Gasteiger partial charge in [-0.15, -0.1) is 10.2 Å². The van der Waals surface area contributed by atoms with Gasteiger partial charge < -0.3 is 21.1 Å². The molecule has 0 aliphatic rings. The zero-order valence-electron chi connectivity index (χ0n) is 16.9. The van der Waals surface area contributed by atoms with E-state index in [-0.39, 0.29) is 5.95 Å². The number of methoxy groups -OCH3 is 1. The van der Waals surface area contributed by atoms with Crippen molar-refractivity contribution in [1.29, 1.82) is 0 Å². The molecular weight excluding hydrogens is 432 g/mol. The van der Waals surface area contributed by atoms with Crippen molar-refractivity contribution in [3.63, 3.8) is 0 Å². The van der Waals surface area contributed by atoms with Crippen molar-refractivity contribution >= 4 is 51.5 Å². The molecule has 4 aromatic rings. The van der Waals surface area contributed by atoms with Crippen molar-refractivity contribution < 1.29 is 4.74 Å². The van der Waals surface area contributed by atoms with Crippen LogP contribution in [0, 0.1) is 6.92 Å². The molecule has 31 heavy (non-hydrogen) atoms. The molecule has 0 spiro atoms. The third-order valence-corrected chi connectivity index (χ3v) is 6.03. The highest BCUT2D eigenvalue weighted by molar-refractivity contribution is 8.00. The molecule has 0 saturated heterocycles. The molecular formula is C20H20N8OS2. The highest BCUT2D eigenvalue weighted by Crippen LogP contribution is 2.30. The summed E-state index contributed by atoms with van der Waals surface area (Å²) in [5, 5.41) is 15.5. The number of aromatic nitrogens is 5. The van der Waals surface area contributed by atoms with E-state index in [9.17, 15) is 0 Å². The maximum Gasteiger partial charge on any atom is 0.232 e. The van der Waals surface area contributed by atoms with Gasteiger partial charge >= 0.3 is 0 Å². The lowest BCUT2D eigenvalue weighted by atomic mass is 10.2. The van der Waals surface area contributed by atoms with Gasteiger partial charge in [0.2, 0.25) is 17.0 Å². The van der Waals surface area contributed by atoms with Crippen LogP contribution in [-0.4, -0.2) is 32.3 Å². The Labute approximate surface area is 187 Å². The molecule has 0 unspecified atom stereocenters. The van der Waals surface area contributed by atoms with Gasteiger partial charge in [0.25, 0.3) is 0 Å². The zero-order chi connectivity index (χ0) is 21.6. The van der Waals surface area contributed by atoms with E-state index in [1.807, 2.05) is 55.5 Å². The van der Waals surface area contributed by atoms with Crippen LogP contribution >= 0.6 is 23.1 Å². The van der Waals surface area contributed by atoms with Crippen LogP contribution in [0.3, 0.4) is 0 Å². The average molecular weight is 453 g/mol. The Kier molecular flexibility index (Phi) is 6.43. The molecule has 2 aromatic heterocycles. The molecule has 0 radical (unpaired) electrons. The van der Waals surface area contributed by atoms with Gasteiger partial charge in [-0.25, -0.2) is 0 Å². The number of ether oxygens (including phenoxy) is 1. The number of thioether (sulfide) groups is 1. The molecule has 4 N–H and O–H groups in total. The zero-order valence-corrected chi connectivity index (χ0v) is 18.5. The number of nitrogens with two attached hydrogens (primary N) is 1. The van der Waals surface area contributed by atoms with E-state index in [1.165, 1.54) is 28.7 Å². The lowest BCUT2D eigenvalue weighted by Crippen LogP contribution is -2.06. The van der Waals surface area contributed by atoms with Gasteiger partial charge in [0.05, 0.1) is 12.9 Å². The van der Waals surface area contributed by atoms with E-state index in [2.05, 4.69) is 35.8 Å². The molecule has 11 heteroatoms. The van der Waals surface area contributed by atoms with E-state index in [1.54, 1.807) is 7.11 Å². The second-order valence-electron chi connectivity index (χ2n) is 6.44. The van der Waals surface area contributed by atoms with Gasteiger partial charge in [-0.3, -0.25) is 0 Å². The van der Waals surface area contributed by atoms with Crippen molar-refractivity contribution in [2.24, 2.45) is 0 Å². The molecule has 9 nitrogen and oxygen atoms in total. The normalized spacial score (nSPS) is 10.6. The fourth-order valence-corrected chi connectivity index (χ4v) is 4.22. The summed E-state index contributed by atoms with van der Waals surface area (Å²) in [4.78, 5) is 12.8. The van der Waals surface area contributed by atoms with Crippen LogP contribution in [-0.2, 0) is 5.75 Å². The molecule has 0 atom stereocenters. The van der Waals surface area contributed by atoms with Crippen molar-refractivity contribution in [3.05, 3.63) is 59.9 Å². The first-order valence-corrected chi connectivity index (χ1v) is 11.1. The first-order valence-electron chi connectivity index (χ1n) is 9.29. The molecule has 0 bridgehead atoms. The fraction of sp³-hybridized carbons (Fsp3) is 0.150. The van der Waals surface area contributed by atoms with Gasteiger partial charge in [0, 0.05) is 17.4 Å². The Balaban J connectivity index is 1.39. The average Bonchev–Trinajstić information content (AvgIpc) is 3.21. The highest BCUT2D eigenvalue weighted by Gasteiger charge is 2.10. The van der Waals surface area contributed by atoms with Gasteiger partial charge in [-0.05, 0) is 31.2 Å². The fourth-order valence-electron chi connectivity index (χ4n) is 2.59. The van der Waals surface area contributed by atoms with Crippen molar-refractivity contribution in [1.82, 2.24) is 25.1 Å². The summed E-state index contributed by atoms with van der Waals surface area (Å²) in [7, 11) is 1.63. The maximum atomic E-state index is 5.86. The van der Waals surface area contributed by atoms with Crippen molar-refractivity contribution in [3.8, 4) is 5.75 Å². The second-order valence-corrected chi connectivity index (χ2v) is 8.64. The number of aryl methyl sites for hydroxylation is 1. The number of nitrogen functional groups attached to an aromatic ring is 1. The van der Waals surface area contributed by atoms with Crippen LogP contribution in [0.4, 0.5) is 28.4 Å². The van der Waals surface area contributed by atoms with E-state index in [0.717, 1.165) is 21.5 Å². The Morgan fingerprint density at radius 2 is 1.84 bits per heavy atom. The predicted octanol–water partition coefficient (Wildman–Crippen LogP) is 4.40. The van der Waals surface area contributed by atoms with Crippen LogP contribution in [0.15, 0.2) is 52.9 Å². The van der Waals surface area contributed by atoms with Crippen molar-refractivity contribution in [2.75, 3.05) is 23.5 Å². The quantitative estimate of drug-likeness (QED) is 0.331. The van der Waals surface area contributed by atoms with Gasteiger partial charge in [0.1, 0.15) is 11.6 Å². The molecule has 2 aromatic carbocycles. The molecule has 2 heterocycles. The van der Waals surface area contributed by atoms with Crippen LogP contribution in [0.2, 0.25) is 0 Å². The topological polar surface area (TPSA) is 124 Å². The second kappa shape index (κ2) is 9.58. The summed E-state index contributed by atoms with van der Waals surface area (Å²) in [5.41, 5.74) is 8.80. The first-order chi connectivity index (χ1) is 15.1. The minimum atomic E-state index is 0.165. The standard InChI is InChI=1S/C20H20N8OS2/c1-12-6-8-13(9-7-12)22-18-25-16(24-17(21)26-18)11-30-20-28-27-19(31-20)23-14-4-3-5-15(10-14)29-2/h3-10H,11H2,1-2H3,(H,23,27)(H3,21,22,24,25,26). The molecule has 0 aliphatic carbocycles. The molecule has 4 rings (SSSR count). The van der Waals surface area contributed by atoms with E-state index >= 15 is 0 Å². The highest BCUT2D eigenvalue weighted by atomic mass is 32.2. The molecule has 0 amide bonds. The minimum Gasteiger partial charge on any atom is -0.497 e. The summed E-state index contributed by atoms with van der Waals surface area (Å²) < 4.78 is 6.03. The number of nitrogens with one attached hydrogen (secondary N) is 2. The number of rotatable bonds is 8. The Morgan fingerprint density at radius 1 is 1.00 bits per heavy atom. The summed E-state index contributed by atoms with van der Waals surface area (Å²) in [5.74, 6) is 2.39. The molecule has 0 saturated carbocycles. The van der Waals surface area contributed by atoms with Crippen LogP contribution in [0.25, 0.3) is 0 Å². The van der Waals surface area contributed by atoms with Gasteiger partial charge in [0.15, 0.2) is 4.34 Å². The van der Waals surface area contributed by atoms with Crippen LogP contribution in [0.5, 0.6) is 5.75 Å². The molecule has 0 aliphatic heterocycles. The SMILES string of the molecule is COc1cccc(Nc2nnc(SCc3nc(N)nc(Nc4ccc(C)cc4)n3)s2)c1. The monoisotopic (exact) mass is 452 g/mol. The maximum absolute atomic E-state index is 5.86. The van der Waals surface area contributed by atoms with Crippen molar-refractivity contribution in [2.45, 2.75) is 17.0 Å². The Hall–Kier alpha value is -3.44. The minimum absolute atomic E-state index is 0.165. The van der Waals surface area contributed by atoms with Crippen LogP contribution < -0.4 is 21.1 Å². The number of benzene rings is 2.